The fourth-order valence-corrected chi connectivity index (χ4v) is 2.64. The predicted octanol–water partition coefficient (Wildman–Crippen LogP) is 1.68. The Morgan fingerprint density at radius 3 is 2.44 bits per heavy atom. The summed E-state index contributed by atoms with van der Waals surface area (Å²) in [7, 11) is 1.59. The molecule has 0 aromatic heterocycles. The van der Waals surface area contributed by atoms with Crippen LogP contribution in [0.25, 0.3) is 0 Å². The van der Waals surface area contributed by atoms with Crippen LogP contribution in [0.3, 0.4) is 0 Å². The minimum atomic E-state index is -0.152. The molecule has 18 heavy (non-hydrogen) atoms. The second kappa shape index (κ2) is 8.48. The van der Waals surface area contributed by atoms with Crippen molar-refractivity contribution >= 4 is 5.91 Å². The molecule has 3 N–H and O–H groups in total. The van der Waals surface area contributed by atoms with Gasteiger partial charge in [-0.2, -0.15) is 0 Å². The molecule has 0 aromatic rings. The molecule has 1 fully saturated rings. The first-order valence-electron chi connectivity index (χ1n) is 7.19. The molecule has 1 saturated carbocycles. The van der Waals surface area contributed by atoms with Gasteiger partial charge in [0.05, 0.1) is 12.5 Å². The summed E-state index contributed by atoms with van der Waals surface area (Å²) in [5.41, 5.74) is 5.50. The molecule has 1 unspecified atom stereocenters. The van der Waals surface area contributed by atoms with E-state index in [9.17, 15) is 4.79 Å². The maximum Gasteiger partial charge on any atom is 0.222 e. The van der Waals surface area contributed by atoms with E-state index in [1.54, 1.807) is 7.11 Å². The van der Waals surface area contributed by atoms with Crippen molar-refractivity contribution in [1.29, 1.82) is 0 Å². The molecule has 1 aliphatic rings. The third-order valence-electron chi connectivity index (χ3n) is 4.14. The number of carbonyl (C=O) groups is 1. The summed E-state index contributed by atoms with van der Waals surface area (Å²) in [6.45, 7) is 3.48. The first-order valence-corrected chi connectivity index (χ1v) is 7.19. The monoisotopic (exact) mass is 256 g/mol. The Labute approximate surface area is 111 Å². The number of hydrogen-bond donors (Lipinski definition) is 2. The van der Waals surface area contributed by atoms with Crippen LogP contribution in [0.2, 0.25) is 0 Å². The molecule has 0 heterocycles. The number of hydrogen-bond acceptors (Lipinski definition) is 3. The van der Waals surface area contributed by atoms with E-state index in [1.165, 1.54) is 32.1 Å². The minimum Gasteiger partial charge on any atom is -0.380 e. The second-order valence-electron chi connectivity index (χ2n) is 5.40. The minimum absolute atomic E-state index is 0.0601. The largest absolute Gasteiger partial charge is 0.380 e. The van der Waals surface area contributed by atoms with E-state index in [0.29, 0.717) is 18.9 Å². The van der Waals surface area contributed by atoms with Crippen LogP contribution in [-0.2, 0) is 9.53 Å². The highest BCUT2D eigenvalue weighted by Crippen LogP contribution is 2.30. The molecule has 0 aliphatic heterocycles. The molecular weight excluding hydrogens is 228 g/mol. The molecular formula is C14H28N2O2. The Hall–Kier alpha value is -0.610. The van der Waals surface area contributed by atoms with E-state index >= 15 is 0 Å². The van der Waals surface area contributed by atoms with Gasteiger partial charge in [-0.1, -0.05) is 26.2 Å². The predicted molar refractivity (Wildman–Crippen MR) is 73.2 cm³/mol. The van der Waals surface area contributed by atoms with Gasteiger partial charge in [-0.05, 0) is 24.7 Å². The number of ether oxygens (including phenoxy) is 1. The quantitative estimate of drug-likeness (QED) is 0.728. The summed E-state index contributed by atoms with van der Waals surface area (Å²) in [6.07, 6.45) is 6.66. The van der Waals surface area contributed by atoms with Gasteiger partial charge in [0.25, 0.3) is 0 Å². The highest BCUT2D eigenvalue weighted by Gasteiger charge is 2.20. The molecule has 0 spiro atoms. The highest BCUT2D eigenvalue weighted by atomic mass is 16.5. The van der Waals surface area contributed by atoms with E-state index in [4.69, 9.17) is 10.5 Å². The van der Waals surface area contributed by atoms with E-state index in [1.807, 2.05) is 0 Å². The standard InChI is InChI=1S/C14H28N2O2/c1-3-11-4-6-12(7-5-11)10-16-14(17)8-13(9-15)18-2/h11-13H,3-10,15H2,1-2H3,(H,16,17). The van der Waals surface area contributed by atoms with Gasteiger partial charge in [0.15, 0.2) is 0 Å². The van der Waals surface area contributed by atoms with E-state index < -0.39 is 0 Å². The number of rotatable bonds is 7. The summed E-state index contributed by atoms with van der Waals surface area (Å²) in [6, 6.07) is 0. The normalized spacial score (nSPS) is 25.7. The van der Waals surface area contributed by atoms with Crippen molar-refractivity contribution < 1.29 is 9.53 Å². The van der Waals surface area contributed by atoms with Crippen molar-refractivity contribution in [2.75, 3.05) is 20.2 Å². The van der Waals surface area contributed by atoms with Gasteiger partial charge >= 0.3 is 0 Å². The lowest BCUT2D eigenvalue weighted by Gasteiger charge is -2.28. The smallest absolute Gasteiger partial charge is 0.222 e. The van der Waals surface area contributed by atoms with Gasteiger partial charge in [-0.15, -0.1) is 0 Å². The van der Waals surface area contributed by atoms with Crippen LogP contribution in [0.5, 0.6) is 0 Å². The van der Waals surface area contributed by atoms with Gasteiger partial charge in [0.1, 0.15) is 0 Å². The number of nitrogens with two attached hydrogens (primary N) is 1. The van der Waals surface area contributed by atoms with Gasteiger partial charge in [-0.25, -0.2) is 0 Å². The maximum absolute atomic E-state index is 11.7. The average molecular weight is 256 g/mol. The van der Waals surface area contributed by atoms with E-state index in [0.717, 1.165) is 12.5 Å². The van der Waals surface area contributed by atoms with Crippen LogP contribution in [-0.4, -0.2) is 32.2 Å². The van der Waals surface area contributed by atoms with Gasteiger partial charge in [-0.3, -0.25) is 4.79 Å². The molecule has 4 heteroatoms. The Balaban J connectivity index is 2.15. The summed E-state index contributed by atoms with van der Waals surface area (Å²) in [4.78, 5) is 11.7. The molecule has 1 atom stereocenters. The van der Waals surface area contributed by atoms with Gasteiger partial charge in [0, 0.05) is 20.2 Å². The molecule has 1 amide bonds. The average Bonchev–Trinajstić information content (AvgIpc) is 2.43. The van der Waals surface area contributed by atoms with Crippen molar-refractivity contribution in [1.82, 2.24) is 5.32 Å². The number of nitrogens with one attached hydrogen (secondary N) is 1. The Morgan fingerprint density at radius 1 is 1.33 bits per heavy atom. The number of methoxy groups -OCH3 is 1. The summed E-state index contributed by atoms with van der Waals surface area (Å²) in [5.74, 6) is 1.63. The Kier molecular flexibility index (Phi) is 7.28. The van der Waals surface area contributed by atoms with Crippen molar-refractivity contribution in [2.24, 2.45) is 17.6 Å². The zero-order valence-electron chi connectivity index (χ0n) is 11.8. The number of carbonyl (C=O) groups excluding carboxylic acids is 1. The Bertz CT molecular complexity index is 234. The van der Waals surface area contributed by atoms with E-state index in [2.05, 4.69) is 12.2 Å². The fourth-order valence-electron chi connectivity index (χ4n) is 2.64. The van der Waals surface area contributed by atoms with Crippen molar-refractivity contribution in [3.05, 3.63) is 0 Å². The second-order valence-corrected chi connectivity index (χ2v) is 5.40. The van der Waals surface area contributed by atoms with Crippen molar-refractivity contribution in [3.63, 3.8) is 0 Å². The third kappa shape index (κ3) is 5.36. The first-order chi connectivity index (χ1) is 8.69. The maximum atomic E-state index is 11.7. The molecule has 4 nitrogen and oxygen atoms in total. The zero-order valence-corrected chi connectivity index (χ0v) is 11.8. The molecule has 1 rings (SSSR count). The summed E-state index contributed by atoms with van der Waals surface area (Å²) < 4.78 is 5.10. The molecule has 0 radical (unpaired) electrons. The van der Waals surface area contributed by atoms with Crippen LogP contribution in [0.15, 0.2) is 0 Å². The zero-order chi connectivity index (χ0) is 13.4. The van der Waals surface area contributed by atoms with Crippen molar-refractivity contribution in [2.45, 2.75) is 51.6 Å². The summed E-state index contributed by atoms with van der Waals surface area (Å²) >= 11 is 0. The van der Waals surface area contributed by atoms with Crippen LogP contribution in [0, 0.1) is 11.8 Å². The van der Waals surface area contributed by atoms with Crippen LogP contribution in [0.4, 0.5) is 0 Å². The van der Waals surface area contributed by atoms with E-state index in [-0.39, 0.29) is 12.0 Å². The third-order valence-corrected chi connectivity index (χ3v) is 4.14. The fraction of sp³-hybridized carbons (Fsp3) is 0.929. The molecule has 106 valence electrons. The van der Waals surface area contributed by atoms with Crippen LogP contribution >= 0.6 is 0 Å². The lowest BCUT2D eigenvalue weighted by Crippen LogP contribution is -2.35. The topological polar surface area (TPSA) is 64.4 Å². The molecule has 0 bridgehead atoms. The SMILES string of the molecule is CCC1CCC(CNC(=O)CC(CN)OC)CC1. The lowest BCUT2D eigenvalue weighted by atomic mass is 9.81. The highest BCUT2D eigenvalue weighted by molar-refractivity contribution is 5.76. The molecule has 0 aromatic carbocycles. The van der Waals surface area contributed by atoms with Crippen LogP contribution < -0.4 is 11.1 Å². The molecule has 0 saturated heterocycles. The number of amides is 1. The summed E-state index contributed by atoms with van der Waals surface area (Å²) in [5, 5.41) is 3.01. The molecule has 1 aliphatic carbocycles. The first kappa shape index (κ1) is 15.4. The van der Waals surface area contributed by atoms with Crippen LogP contribution in [0.1, 0.15) is 45.4 Å². The lowest BCUT2D eigenvalue weighted by molar-refractivity contribution is -0.123. The Morgan fingerprint density at radius 2 is 1.94 bits per heavy atom. The van der Waals surface area contributed by atoms with Gasteiger partial charge < -0.3 is 15.8 Å². The van der Waals surface area contributed by atoms with Gasteiger partial charge in [0.2, 0.25) is 5.91 Å². The van der Waals surface area contributed by atoms with Crippen molar-refractivity contribution in [3.8, 4) is 0 Å².